The molecule has 0 radical (unpaired) electrons. The number of benzene rings is 3. The topological polar surface area (TPSA) is 79.0 Å². The molecule has 0 saturated carbocycles. The molecular formula is C31H34FN3O4. The van der Waals surface area contributed by atoms with Gasteiger partial charge in [-0.1, -0.05) is 6.07 Å². The molecule has 7 nitrogen and oxygen atoms in total. The Morgan fingerprint density at radius 2 is 1.64 bits per heavy atom. The van der Waals surface area contributed by atoms with Gasteiger partial charge in [0, 0.05) is 48.0 Å². The van der Waals surface area contributed by atoms with Gasteiger partial charge in [-0.25, -0.2) is 4.39 Å². The molecule has 0 atom stereocenters. The minimum Gasteiger partial charge on any atom is -0.497 e. The van der Waals surface area contributed by atoms with Gasteiger partial charge in [-0.2, -0.15) is 0 Å². The number of ketones is 1. The van der Waals surface area contributed by atoms with E-state index in [0.717, 1.165) is 44.6 Å². The van der Waals surface area contributed by atoms with E-state index >= 15 is 0 Å². The number of nitrogens with one attached hydrogen (secondary N) is 1. The second-order valence-corrected chi connectivity index (χ2v) is 9.76. The van der Waals surface area contributed by atoms with Crippen molar-refractivity contribution >= 4 is 29.0 Å². The average Bonchev–Trinajstić information content (AvgIpc) is 2.95. The largest absolute Gasteiger partial charge is 0.497 e. The number of nitrogens with zero attached hydrogens (tertiary/aromatic N) is 2. The van der Waals surface area contributed by atoms with Crippen molar-refractivity contribution in [1.82, 2.24) is 4.90 Å². The van der Waals surface area contributed by atoms with E-state index in [1.54, 1.807) is 48.4 Å². The number of Topliss-reactive ketones (excluding diaryl/α,β-unsaturated/α-hetero) is 1. The predicted octanol–water partition coefficient (Wildman–Crippen LogP) is 5.42. The molecule has 0 spiro atoms. The lowest BCUT2D eigenvalue weighted by molar-refractivity contribution is -0.114. The van der Waals surface area contributed by atoms with Crippen molar-refractivity contribution in [1.29, 1.82) is 0 Å². The molecule has 1 aliphatic rings. The zero-order chi connectivity index (χ0) is 27.8. The summed E-state index contributed by atoms with van der Waals surface area (Å²) in [4.78, 5) is 41.8. The van der Waals surface area contributed by atoms with Crippen molar-refractivity contribution in [3.05, 3.63) is 89.7 Å². The number of carbonyl (C=O) groups is 3. The zero-order valence-electron chi connectivity index (χ0n) is 22.4. The number of halogens is 1. The Balaban J connectivity index is 1.37. The highest BCUT2D eigenvalue weighted by Gasteiger charge is 2.26. The first kappa shape index (κ1) is 28.0. The first-order valence-corrected chi connectivity index (χ1v) is 13.2. The Morgan fingerprint density at radius 3 is 2.28 bits per heavy atom. The molecule has 3 aromatic carbocycles. The standard InChI is InChI=1S/C31H34FN3O4/c1-22(36)33-27-13-9-25(10-14-27)31(38)35(28-5-3-6-29(21-28)39-2)18-4-17-34-19-15-24(16-20-34)30(37)23-7-11-26(32)12-8-23/h3,5-14,21,24H,4,15-20H2,1-2H3,(H,33,36). The number of anilines is 2. The van der Waals surface area contributed by atoms with Crippen LogP contribution in [-0.2, 0) is 4.79 Å². The van der Waals surface area contributed by atoms with Crippen molar-refractivity contribution in [3.63, 3.8) is 0 Å². The van der Waals surface area contributed by atoms with Crippen LogP contribution in [-0.4, -0.2) is 55.8 Å². The summed E-state index contributed by atoms with van der Waals surface area (Å²) in [6, 6.07) is 20.1. The van der Waals surface area contributed by atoms with Gasteiger partial charge >= 0.3 is 0 Å². The number of methoxy groups -OCH3 is 1. The zero-order valence-corrected chi connectivity index (χ0v) is 22.4. The lowest BCUT2D eigenvalue weighted by Crippen LogP contribution is -2.39. The maximum Gasteiger partial charge on any atom is 0.258 e. The second kappa shape index (κ2) is 13.2. The molecule has 2 amide bonds. The highest BCUT2D eigenvalue weighted by atomic mass is 19.1. The Morgan fingerprint density at radius 1 is 0.974 bits per heavy atom. The number of hydrogen-bond donors (Lipinski definition) is 1. The molecule has 8 heteroatoms. The van der Waals surface area contributed by atoms with Crippen LogP contribution in [0.5, 0.6) is 5.75 Å². The summed E-state index contributed by atoms with van der Waals surface area (Å²) < 4.78 is 18.6. The monoisotopic (exact) mass is 531 g/mol. The second-order valence-electron chi connectivity index (χ2n) is 9.76. The fourth-order valence-corrected chi connectivity index (χ4v) is 4.90. The van der Waals surface area contributed by atoms with Crippen LogP contribution < -0.4 is 15.0 Å². The lowest BCUT2D eigenvalue weighted by Gasteiger charge is -2.32. The first-order chi connectivity index (χ1) is 18.8. The Labute approximate surface area is 228 Å². The molecule has 39 heavy (non-hydrogen) atoms. The van der Waals surface area contributed by atoms with E-state index < -0.39 is 0 Å². The van der Waals surface area contributed by atoms with Crippen molar-refractivity contribution < 1.29 is 23.5 Å². The number of carbonyl (C=O) groups excluding carboxylic acids is 3. The van der Waals surface area contributed by atoms with Gasteiger partial charge in [0.25, 0.3) is 5.91 Å². The quantitative estimate of drug-likeness (QED) is 0.353. The predicted molar refractivity (Wildman–Crippen MR) is 150 cm³/mol. The molecule has 0 bridgehead atoms. The van der Waals surface area contributed by atoms with Gasteiger partial charge in [-0.15, -0.1) is 0 Å². The Kier molecular flexibility index (Phi) is 9.44. The molecule has 3 aromatic rings. The van der Waals surface area contributed by atoms with Crippen LogP contribution in [0.15, 0.2) is 72.8 Å². The summed E-state index contributed by atoms with van der Waals surface area (Å²) in [6.07, 6.45) is 2.27. The fourth-order valence-electron chi connectivity index (χ4n) is 4.90. The highest BCUT2D eigenvalue weighted by molar-refractivity contribution is 6.06. The minimum absolute atomic E-state index is 0.0537. The normalized spacial score (nSPS) is 14.0. The van der Waals surface area contributed by atoms with E-state index in [2.05, 4.69) is 10.2 Å². The molecule has 1 N–H and O–H groups in total. The third-order valence-electron chi connectivity index (χ3n) is 7.01. The smallest absolute Gasteiger partial charge is 0.258 e. The van der Waals surface area contributed by atoms with Crippen LogP contribution >= 0.6 is 0 Å². The summed E-state index contributed by atoms with van der Waals surface area (Å²) >= 11 is 0. The fraction of sp³-hybridized carbons (Fsp3) is 0.323. The van der Waals surface area contributed by atoms with Gasteiger partial charge in [-0.05, 0) is 99.6 Å². The van der Waals surface area contributed by atoms with Crippen LogP contribution in [0.3, 0.4) is 0 Å². The molecule has 1 aliphatic heterocycles. The summed E-state index contributed by atoms with van der Waals surface area (Å²) in [6.45, 7) is 4.35. The molecule has 0 unspecified atom stereocenters. The Bertz CT molecular complexity index is 1290. The van der Waals surface area contributed by atoms with Gasteiger partial charge in [-0.3, -0.25) is 14.4 Å². The molecule has 4 rings (SSSR count). The summed E-state index contributed by atoms with van der Waals surface area (Å²) in [5.74, 6) is 0.0391. The summed E-state index contributed by atoms with van der Waals surface area (Å²) in [5.41, 5.74) is 2.46. The van der Waals surface area contributed by atoms with Gasteiger partial charge in [0.15, 0.2) is 5.78 Å². The lowest BCUT2D eigenvalue weighted by atomic mass is 9.89. The summed E-state index contributed by atoms with van der Waals surface area (Å²) in [5, 5.41) is 2.72. The van der Waals surface area contributed by atoms with Gasteiger partial charge in [0.2, 0.25) is 5.91 Å². The van der Waals surface area contributed by atoms with Crippen molar-refractivity contribution in [2.24, 2.45) is 5.92 Å². The van der Waals surface area contributed by atoms with Crippen molar-refractivity contribution in [2.45, 2.75) is 26.2 Å². The number of hydrogen-bond acceptors (Lipinski definition) is 5. The van der Waals surface area contributed by atoms with E-state index in [0.29, 0.717) is 29.1 Å². The van der Waals surface area contributed by atoms with E-state index in [-0.39, 0.29) is 29.3 Å². The number of ether oxygens (including phenoxy) is 1. The maximum absolute atomic E-state index is 13.6. The molecule has 204 valence electrons. The molecule has 0 aromatic heterocycles. The van der Waals surface area contributed by atoms with Crippen molar-refractivity contribution in [3.8, 4) is 5.75 Å². The van der Waals surface area contributed by atoms with Gasteiger partial charge in [0.05, 0.1) is 7.11 Å². The molecule has 0 aliphatic carbocycles. The molecular weight excluding hydrogens is 497 g/mol. The molecule has 1 saturated heterocycles. The van der Waals surface area contributed by atoms with Crippen LogP contribution in [0.2, 0.25) is 0 Å². The number of piperidine rings is 1. The first-order valence-electron chi connectivity index (χ1n) is 13.2. The van der Waals surface area contributed by atoms with E-state index in [9.17, 15) is 18.8 Å². The molecule has 1 heterocycles. The highest BCUT2D eigenvalue weighted by Crippen LogP contribution is 2.25. The average molecular weight is 532 g/mol. The number of likely N-dealkylation sites (tertiary alicyclic amines) is 1. The van der Waals surface area contributed by atoms with Crippen LogP contribution in [0.4, 0.5) is 15.8 Å². The van der Waals surface area contributed by atoms with E-state index in [4.69, 9.17) is 4.74 Å². The minimum atomic E-state index is -0.343. The Hall–Kier alpha value is -4.04. The SMILES string of the molecule is COc1cccc(N(CCCN2CCC(C(=O)c3ccc(F)cc3)CC2)C(=O)c2ccc(NC(C)=O)cc2)c1. The summed E-state index contributed by atoms with van der Waals surface area (Å²) in [7, 11) is 1.59. The van der Waals surface area contributed by atoms with Gasteiger partial charge < -0.3 is 19.9 Å². The van der Waals surface area contributed by atoms with E-state index in [1.165, 1.54) is 19.1 Å². The number of rotatable bonds is 10. The third-order valence-corrected chi connectivity index (χ3v) is 7.01. The number of amides is 2. The third kappa shape index (κ3) is 7.51. The van der Waals surface area contributed by atoms with E-state index in [1.807, 2.05) is 24.3 Å². The van der Waals surface area contributed by atoms with Gasteiger partial charge in [0.1, 0.15) is 11.6 Å². The van der Waals surface area contributed by atoms with Crippen LogP contribution in [0.1, 0.15) is 46.9 Å². The molecule has 1 fully saturated rings. The van der Waals surface area contributed by atoms with Crippen LogP contribution in [0, 0.1) is 11.7 Å². The maximum atomic E-state index is 13.6. The van der Waals surface area contributed by atoms with Crippen molar-refractivity contribution in [2.75, 3.05) is 43.5 Å². The van der Waals surface area contributed by atoms with Crippen LogP contribution in [0.25, 0.3) is 0 Å².